The molecule has 2 unspecified atom stereocenters. The van der Waals surface area contributed by atoms with Gasteiger partial charge in [-0.3, -0.25) is 0 Å². The molecule has 0 aromatic carbocycles. The summed E-state index contributed by atoms with van der Waals surface area (Å²) in [6, 6.07) is 0.651. The number of H-pyrrole nitrogens is 1. The van der Waals surface area contributed by atoms with Crippen molar-refractivity contribution in [2.24, 2.45) is 0 Å². The smallest absolute Gasteiger partial charge is 0.200 e. The Bertz CT molecular complexity index is 413. The summed E-state index contributed by atoms with van der Waals surface area (Å²) in [7, 11) is 0. The Labute approximate surface area is 87.1 Å². The van der Waals surface area contributed by atoms with E-state index < -0.39 is 0 Å². The zero-order valence-electron chi connectivity index (χ0n) is 8.09. The monoisotopic (exact) mass is 211 g/mol. The van der Waals surface area contributed by atoms with Gasteiger partial charge in [0.1, 0.15) is 11.5 Å². The van der Waals surface area contributed by atoms with Crippen molar-refractivity contribution < 1.29 is 0 Å². The summed E-state index contributed by atoms with van der Waals surface area (Å²) in [4.78, 5) is 6.93. The summed E-state index contributed by atoms with van der Waals surface area (Å²) >= 11 is 5.10. The Balaban J connectivity index is 2.52. The standard InChI is InChI=1S/C8H13N5S/c1-3-4(2)11-6-5(10-3)7(14)13-8(9)12-6/h3-4,10H,1-2H3,(H4,9,11,12,13,14). The number of nitrogen functional groups attached to an aromatic ring is 1. The van der Waals surface area contributed by atoms with E-state index in [1.165, 1.54) is 0 Å². The number of fused-ring (bicyclic) bond motifs is 1. The SMILES string of the molecule is CC1Nc2[nH]c(N)nc(=S)c2NC1C. The minimum atomic E-state index is 0.322. The topological polar surface area (TPSA) is 78.8 Å². The number of aromatic amines is 1. The molecule has 2 atom stereocenters. The number of aromatic nitrogens is 2. The zero-order valence-corrected chi connectivity index (χ0v) is 8.90. The fraction of sp³-hybridized carbons (Fsp3) is 0.500. The van der Waals surface area contributed by atoms with Crippen LogP contribution in [0.1, 0.15) is 13.8 Å². The molecule has 1 aromatic heterocycles. The first-order valence-corrected chi connectivity index (χ1v) is 4.91. The highest BCUT2D eigenvalue weighted by atomic mass is 32.1. The minimum absolute atomic E-state index is 0.322. The first-order chi connectivity index (χ1) is 6.58. The number of nitrogens with zero attached hydrogens (tertiary/aromatic N) is 1. The average Bonchev–Trinajstić information content (AvgIpc) is 2.08. The van der Waals surface area contributed by atoms with Gasteiger partial charge in [0.15, 0.2) is 10.6 Å². The second kappa shape index (κ2) is 3.13. The third-order valence-electron chi connectivity index (χ3n) is 2.43. The van der Waals surface area contributed by atoms with E-state index >= 15 is 0 Å². The van der Waals surface area contributed by atoms with Gasteiger partial charge in [-0.15, -0.1) is 0 Å². The van der Waals surface area contributed by atoms with Gasteiger partial charge < -0.3 is 21.4 Å². The van der Waals surface area contributed by atoms with Gasteiger partial charge in [-0.25, -0.2) is 4.98 Å². The number of rotatable bonds is 0. The lowest BCUT2D eigenvalue weighted by atomic mass is 10.1. The van der Waals surface area contributed by atoms with Crippen molar-refractivity contribution in [1.82, 2.24) is 9.97 Å². The number of anilines is 3. The molecule has 14 heavy (non-hydrogen) atoms. The lowest BCUT2D eigenvalue weighted by Crippen LogP contribution is -2.39. The van der Waals surface area contributed by atoms with Crippen molar-refractivity contribution in [2.45, 2.75) is 25.9 Å². The molecule has 0 saturated heterocycles. The third kappa shape index (κ3) is 1.41. The summed E-state index contributed by atoms with van der Waals surface area (Å²) in [5, 5.41) is 6.58. The molecule has 1 aromatic rings. The van der Waals surface area contributed by atoms with E-state index in [0.717, 1.165) is 11.5 Å². The molecule has 1 aliphatic heterocycles. The largest absolute Gasteiger partial charge is 0.375 e. The van der Waals surface area contributed by atoms with Gasteiger partial charge in [-0.1, -0.05) is 12.2 Å². The highest BCUT2D eigenvalue weighted by Gasteiger charge is 2.22. The molecule has 0 spiro atoms. The Morgan fingerprint density at radius 2 is 1.93 bits per heavy atom. The molecule has 5 nitrogen and oxygen atoms in total. The van der Waals surface area contributed by atoms with E-state index in [2.05, 4.69) is 34.4 Å². The number of hydrogen-bond donors (Lipinski definition) is 4. The fourth-order valence-electron chi connectivity index (χ4n) is 1.44. The summed E-state index contributed by atoms with van der Waals surface area (Å²) in [6.45, 7) is 4.18. The summed E-state index contributed by atoms with van der Waals surface area (Å²) in [6.07, 6.45) is 0. The van der Waals surface area contributed by atoms with Gasteiger partial charge in [-0.05, 0) is 13.8 Å². The third-order valence-corrected chi connectivity index (χ3v) is 2.73. The predicted octanol–water partition coefficient (Wildman–Crippen LogP) is 1.34. The molecular weight excluding hydrogens is 198 g/mol. The van der Waals surface area contributed by atoms with E-state index in [1.54, 1.807) is 0 Å². The second-order valence-electron chi connectivity index (χ2n) is 3.54. The molecular formula is C8H13N5S. The number of nitrogens with two attached hydrogens (primary N) is 1. The molecule has 5 N–H and O–H groups in total. The van der Waals surface area contributed by atoms with Crippen LogP contribution in [-0.2, 0) is 0 Å². The highest BCUT2D eigenvalue weighted by molar-refractivity contribution is 7.71. The fourth-order valence-corrected chi connectivity index (χ4v) is 1.70. The van der Waals surface area contributed by atoms with Crippen LogP contribution in [0.3, 0.4) is 0 Å². The van der Waals surface area contributed by atoms with Gasteiger partial charge in [0.05, 0.1) is 0 Å². The average molecular weight is 211 g/mol. The Morgan fingerprint density at radius 1 is 1.29 bits per heavy atom. The van der Waals surface area contributed by atoms with Crippen molar-refractivity contribution in [3.8, 4) is 0 Å². The van der Waals surface area contributed by atoms with Crippen molar-refractivity contribution in [1.29, 1.82) is 0 Å². The van der Waals surface area contributed by atoms with Crippen molar-refractivity contribution >= 4 is 29.7 Å². The molecule has 2 rings (SSSR count). The molecule has 0 saturated carbocycles. The molecule has 0 amide bonds. The highest BCUT2D eigenvalue weighted by Crippen LogP contribution is 2.27. The second-order valence-corrected chi connectivity index (χ2v) is 3.93. The van der Waals surface area contributed by atoms with E-state index in [0.29, 0.717) is 22.7 Å². The van der Waals surface area contributed by atoms with Crippen LogP contribution in [-0.4, -0.2) is 22.1 Å². The molecule has 0 bridgehead atoms. The molecule has 0 radical (unpaired) electrons. The molecule has 2 heterocycles. The van der Waals surface area contributed by atoms with Crippen LogP contribution < -0.4 is 16.4 Å². The van der Waals surface area contributed by atoms with E-state index in [1.807, 2.05) is 0 Å². The first-order valence-electron chi connectivity index (χ1n) is 4.51. The van der Waals surface area contributed by atoms with Gasteiger partial charge >= 0.3 is 0 Å². The van der Waals surface area contributed by atoms with Crippen molar-refractivity contribution in [2.75, 3.05) is 16.4 Å². The first kappa shape index (κ1) is 9.26. The maximum atomic E-state index is 5.56. The Kier molecular flexibility index (Phi) is 2.07. The molecule has 1 aliphatic rings. The van der Waals surface area contributed by atoms with Crippen LogP contribution in [0, 0.1) is 4.64 Å². The van der Waals surface area contributed by atoms with Crippen LogP contribution in [0.5, 0.6) is 0 Å². The number of hydrogen-bond acceptors (Lipinski definition) is 5. The summed E-state index contributed by atoms with van der Waals surface area (Å²) in [5.41, 5.74) is 6.39. The quantitative estimate of drug-likeness (QED) is 0.487. The van der Waals surface area contributed by atoms with Crippen LogP contribution >= 0.6 is 12.2 Å². The maximum absolute atomic E-state index is 5.56. The van der Waals surface area contributed by atoms with E-state index in [-0.39, 0.29) is 0 Å². The maximum Gasteiger partial charge on any atom is 0.200 e. The molecule has 76 valence electrons. The van der Waals surface area contributed by atoms with Gasteiger partial charge in [0.25, 0.3) is 0 Å². The Hall–Kier alpha value is -1.30. The van der Waals surface area contributed by atoms with Crippen LogP contribution in [0.4, 0.5) is 17.5 Å². The lowest BCUT2D eigenvalue weighted by molar-refractivity contribution is 0.657. The molecule has 0 fully saturated rings. The van der Waals surface area contributed by atoms with E-state index in [4.69, 9.17) is 18.0 Å². The van der Waals surface area contributed by atoms with Crippen LogP contribution in [0.15, 0.2) is 0 Å². The molecule has 6 heteroatoms. The lowest BCUT2D eigenvalue weighted by Gasteiger charge is -2.31. The van der Waals surface area contributed by atoms with E-state index in [9.17, 15) is 0 Å². The minimum Gasteiger partial charge on any atom is -0.375 e. The zero-order chi connectivity index (χ0) is 10.3. The van der Waals surface area contributed by atoms with Gasteiger partial charge in [0.2, 0.25) is 0 Å². The van der Waals surface area contributed by atoms with Gasteiger partial charge in [0, 0.05) is 12.1 Å². The van der Waals surface area contributed by atoms with Crippen molar-refractivity contribution in [3.05, 3.63) is 4.64 Å². The normalized spacial score (nSPS) is 24.7. The van der Waals surface area contributed by atoms with Gasteiger partial charge in [-0.2, -0.15) is 0 Å². The predicted molar refractivity (Wildman–Crippen MR) is 60.0 cm³/mol. The molecule has 0 aliphatic carbocycles. The van der Waals surface area contributed by atoms with Crippen LogP contribution in [0.25, 0.3) is 0 Å². The van der Waals surface area contributed by atoms with Crippen LogP contribution in [0.2, 0.25) is 0 Å². The Morgan fingerprint density at radius 3 is 2.64 bits per heavy atom. The summed E-state index contributed by atoms with van der Waals surface area (Å²) < 4.78 is 0.502. The summed E-state index contributed by atoms with van der Waals surface area (Å²) in [5.74, 6) is 1.16. The van der Waals surface area contributed by atoms with Crippen molar-refractivity contribution in [3.63, 3.8) is 0 Å². The number of nitrogens with one attached hydrogen (secondary N) is 3.